The fourth-order valence-electron chi connectivity index (χ4n) is 4.03. The fourth-order valence-corrected chi connectivity index (χ4v) is 4.03. The van der Waals surface area contributed by atoms with Crippen molar-refractivity contribution >= 4 is 11.8 Å². The molecule has 2 aliphatic heterocycles. The van der Waals surface area contributed by atoms with Crippen LogP contribution < -0.4 is 5.32 Å². The summed E-state index contributed by atoms with van der Waals surface area (Å²) in [5, 5.41) is 2.91. The lowest BCUT2D eigenvalue weighted by Gasteiger charge is -2.29. The van der Waals surface area contributed by atoms with Crippen molar-refractivity contribution < 1.29 is 9.59 Å². The molecule has 3 heterocycles. The van der Waals surface area contributed by atoms with Crippen LogP contribution >= 0.6 is 0 Å². The van der Waals surface area contributed by atoms with Crippen molar-refractivity contribution in [2.24, 2.45) is 0 Å². The van der Waals surface area contributed by atoms with E-state index in [2.05, 4.69) is 22.4 Å². The number of carbonyl (C=O) groups is 2. The van der Waals surface area contributed by atoms with Crippen LogP contribution in [-0.2, 0) is 25.9 Å². The van der Waals surface area contributed by atoms with Crippen LogP contribution in [0.25, 0.3) is 0 Å². The zero-order valence-electron chi connectivity index (χ0n) is 16.0. The molecule has 0 unspecified atom stereocenters. The maximum Gasteiger partial charge on any atom is 0.290 e. The number of amides is 2. The maximum atomic E-state index is 13.3. The van der Waals surface area contributed by atoms with Crippen LogP contribution in [-0.4, -0.2) is 38.9 Å². The van der Waals surface area contributed by atoms with Gasteiger partial charge in [0.25, 0.3) is 11.8 Å². The second-order valence-corrected chi connectivity index (χ2v) is 7.71. The molecule has 6 heteroatoms. The van der Waals surface area contributed by atoms with E-state index in [9.17, 15) is 9.59 Å². The number of carbonyl (C=O) groups excluding carboxylic acids is 2. The highest BCUT2D eigenvalue weighted by atomic mass is 16.2. The van der Waals surface area contributed by atoms with E-state index in [0.717, 1.165) is 37.9 Å². The Labute approximate surface area is 159 Å². The van der Waals surface area contributed by atoms with Gasteiger partial charge in [-0.15, -0.1) is 0 Å². The van der Waals surface area contributed by atoms with Gasteiger partial charge >= 0.3 is 0 Å². The van der Waals surface area contributed by atoms with Crippen molar-refractivity contribution in [1.82, 2.24) is 19.8 Å². The molecular weight excluding hydrogens is 340 g/mol. The summed E-state index contributed by atoms with van der Waals surface area (Å²) in [5.74, 6) is 0.160. The van der Waals surface area contributed by atoms with Gasteiger partial charge in [0.1, 0.15) is 5.69 Å². The number of benzene rings is 1. The summed E-state index contributed by atoms with van der Waals surface area (Å²) in [6, 6.07) is 8.30. The van der Waals surface area contributed by atoms with E-state index in [1.54, 1.807) is 0 Å². The summed E-state index contributed by atoms with van der Waals surface area (Å²) in [6.07, 6.45) is 3.69. The van der Waals surface area contributed by atoms with Crippen LogP contribution in [0, 0.1) is 0 Å². The van der Waals surface area contributed by atoms with Gasteiger partial charge in [0, 0.05) is 25.7 Å². The summed E-state index contributed by atoms with van der Waals surface area (Å²) in [6.45, 7) is 5.90. The molecule has 2 aliphatic rings. The Morgan fingerprint density at radius 3 is 2.63 bits per heavy atom. The van der Waals surface area contributed by atoms with Crippen molar-refractivity contribution in [3.63, 3.8) is 0 Å². The third-order valence-electron chi connectivity index (χ3n) is 5.36. The molecule has 1 N–H and O–H groups in total. The largest absolute Gasteiger partial charge is 0.348 e. The molecule has 27 heavy (non-hydrogen) atoms. The Morgan fingerprint density at radius 1 is 1.07 bits per heavy atom. The molecule has 6 nitrogen and oxygen atoms in total. The van der Waals surface area contributed by atoms with Gasteiger partial charge in [-0.05, 0) is 50.7 Å². The minimum Gasteiger partial charge on any atom is -0.348 e. The predicted molar refractivity (Wildman–Crippen MR) is 103 cm³/mol. The van der Waals surface area contributed by atoms with Gasteiger partial charge in [-0.25, -0.2) is 4.98 Å². The van der Waals surface area contributed by atoms with E-state index in [4.69, 9.17) is 0 Å². The second-order valence-electron chi connectivity index (χ2n) is 7.71. The smallest absolute Gasteiger partial charge is 0.290 e. The number of aromatic nitrogens is 2. The first kappa shape index (κ1) is 17.8. The number of nitrogens with one attached hydrogen (secondary N) is 1. The highest BCUT2D eigenvalue weighted by molar-refractivity contribution is 5.97. The van der Waals surface area contributed by atoms with Crippen molar-refractivity contribution in [2.75, 3.05) is 6.54 Å². The lowest BCUT2D eigenvalue weighted by Crippen LogP contribution is -2.37. The first-order chi connectivity index (χ1) is 13.0. The molecule has 2 aromatic rings. The van der Waals surface area contributed by atoms with E-state index in [-0.39, 0.29) is 17.9 Å². The molecule has 2 amide bonds. The summed E-state index contributed by atoms with van der Waals surface area (Å²) in [5.41, 5.74) is 3.83. The highest BCUT2D eigenvalue weighted by Crippen LogP contribution is 2.24. The van der Waals surface area contributed by atoms with Crippen LogP contribution in [0.4, 0.5) is 0 Å². The Hall–Kier alpha value is -2.63. The summed E-state index contributed by atoms with van der Waals surface area (Å²) < 4.78 is 1.97. The van der Waals surface area contributed by atoms with Gasteiger partial charge in [-0.1, -0.05) is 24.3 Å². The highest BCUT2D eigenvalue weighted by Gasteiger charge is 2.31. The van der Waals surface area contributed by atoms with E-state index < -0.39 is 0 Å². The molecule has 1 aromatic carbocycles. The number of nitrogens with zero attached hydrogens (tertiary/aromatic N) is 3. The monoisotopic (exact) mass is 366 g/mol. The average molecular weight is 366 g/mol. The fraction of sp³-hybridized carbons (Fsp3) is 0.476. The van der Waals surface area contributed by atoms with Crippen LogP contribution in [0.5, 0.6) is 0 Å². The predicted octanol–water partition coefficient (Wildman–Crippen LogP) is 2.56. The second kappa shape index (κ2) is 7.18. The molecule has 4 rings (SSSR count). The van der Waals surface area contributed by atoms with Gasteiger partial charge in [0.05, 0.1) is 5.69 Å². The van der Waals surface area contributed by atoms with E-state index in [1.807, 2.05) is 35.4 Å². The van der Waals surface area contributed by atoms with Crippen LogP contribution in [0.3, 0.4) is 0 Å². The third-order valence-corrected chi connectivity index (χ3v) is 5.36. The topological polar surface area (TPSA) is 67.2 Å². The van der Waals surface area contributed by atoms with E-state index in [1.165, 1.54) is 11.1 Å². The number of imidazole rings is 1. The van der Waals surface area contributed by atoms with Gasteiger partial charge in [0.15, 0.2) is 5.82 Å². The molecule has 0 aliphatic carbocycles. The van der Waals surface area contributed by atoms with Crippen molar-refractivity contribution in [1.29, 1.82) is 0 Å². The minimum atomic E-state index is -0.182. The molecular formula is C21H26N4O2. The molecule has 1 aromatic heterocycles. The Bertz CT molecular complexity index is 884. The zero-order chi connectivity index (χ0) is 19.0. The van der Waals surface area contributed by atoms with Gasteiger partial charge in [-0.2, -0.15) is 0 Å². The maximum absolute atomic E-state index is 13.3. The standard InChI is InChI=1S/C21H26N4O2/c1-14(2)22-20(26)18-17-9-5-6-11-25(17)19(23-18)21(27)24-12-10-15-7-3-4-8-16(15)13-24/h3-4,7-8,14H,5-6,9-13H2,1-2H3,(H,22,26). The molecule has 0 radical (unpaired) electrons. The number of rotatable bonds is 3. The van der Waals surface area contributed by atoms with Gasteiger partial charge in [0.2, 0.25) is 0 Å². The normalized spacial score (nSPS) is 16.0. The van der Waals surface area contributed by atoms with Crippen LogP contribution in [0.1, 0.15) is 64.6 Å². The lowest BCUT2D eigenvalue weighted by atomic mass is 10.00. The lowest BCUT2D eigenvalue weighted by molar-refractivity contribution is 0.0716. The first-order valence-corrected chi connectivity index (χ1v) is 9.81. The minimum absolute atomic E-state index is 0.0381. The van der Waals surface area contributed by atoms with Crippen LogP contribution in [0.2, 0.25) is 0 Å². The number of fused-ring (bicyclic) bond motifs is 2. The van der Waals surface area contributed by atoms with Gasteiger partial charge < -0.3 is 14.8 Å². The molecule has 0 atom stereocenters. The van der Waals surface area contributed by atoms with Crippen molar-refractivity contribution in [3.8, 4) is 0 Å². The molecule has 142 valence electrons. The number of hydrogen-bond donors (Lipinski definition) is 1. The van der Waals surface area contributed by atoms with Gasteiger partial charge in [-0.3, -0.25) is 9.59 Å². The average Bonchev–Trinajstić information content (AvgIpc) is 3.06. The Kier molecular flexibility index (Phi) is 4.72. The van der Waals surface area contributed by atoms with Crippen molar-refractivity contribution in [3.05, 3.63) is 52.6 Å². The number of hydrogen-bond acceptors (Lipinski definition) is 3. The quantitative estimate of drug-likeness (QED) is 0.908. The summed E-state index contributed by atoms with van der Waals surface area (Å²) in [7, 11) is 0. The third kappa shape index (κ3) is 3.36. The SMILES string of the molecule is CC(C)NC(=O)c1nc(C(=O)N2CCc3ccccc3C2)n2c1CCCC2. The van der Waals surface area contributed by atoms with Crippen molar-refractivity contribution in [2.45, 2.75) is 58.7 Å². The first-order valence-electron chi connectivity index (χ1n) is 9.81. The summed E-state index contributed by atoms with van der Waals surface area (Å²) >= 11 is 0. The summed E-state index contributed by atoms with van der Waals surface area (Å²) in [4.78, 5) is 32.2. The molecule has 0 saturated heterocycles. The molecule has 0 saturated carbocycles. The van der Waals surface area contributed by atoms with E-state index >= 15 is 0 Å². The Balaban J connectivity index is 1.64. The zero-order valence-corrected chi connectivity index (χ0v) is 16.0. The molecule has 0 fully saturated rings. The molecule has 0 spiro atoms. The Morgan fingerprint density at radius 2 is 1.85 bits per heavy atom. The molecule has 0 bridgehead atoms. The van der Waals surface area contributed by atoms with E-state index in [0.29, 0.717) is 24.6 Å². The van der Waals surface area contributed by atoms with Crippen LogP contribution in [0.15, 0.2) is 24.3 Å².